The van der Waals surface area contributed by atoms with E-state index in [-0.39, 0.29) is 19.1 Å². The molecular weight excluding hydrogens is 414 g/mol. The SMILES string of the molecule is Cc1c(CN)cccc1-c1ccc2c(c1)c(COc1ccccc1CC(=O)O)nn2C(C)C. The van der Waals surface area contributed by atoms with Gasteiger partial charge >= 0.3 is 5.97 Å². The van der Waals surface area contributed by atoms with Crippen molar-refractivity contribution >= 4 is 16.9 Å². The predicted molar refractivity (Wildman–Crippen MR) is 130 cm³/mol. The van der Waals surface area contributed by atoms with Crippen LogP contribution in [0.4, 0.5) is 0 Å². The number of hydrogen-bond acceptors (Lipinski definition) is 4. The molecule has 3 N–H and O–H groups in total. The molecule has 33 heavy (non-hydrogen) atoms. The van der Waals surface area contributed by atoms with E-state index < -0.39 is 5.97 Å². The van der Waals surface area contributed by atoms with E-state index in [1.54, 1.807) is 12.1 Å². The zero-order valence-electron chi connectivity index (χ0n) is 19.2. The predicted octanol–water partition coefficient (Wildman–Crippen LogP) is 5.26. The molecule has 0 unspecified atom stereocenters. The van der Waals surface area contributed by atoms with Gasteiger partial charge in [0.15, 0.2) is 0 Å². The smallest absolute Gasteiger partial charge is 0.307 e. The molecule has 0 atom stereocenters. The number of nitrogens with zero attached hydrogens (tertiary/aromatic N) is 2. The van der Waals surface area contributed by atoms with Gasteiger partial charge in [0.1, 0.15) is 18.1 Å². The summed E-state index contributed by atoms with van der Waals surface area (Å²) in [5.41, 5.74) is 13.0. The summed E-state index contributed by atoms with van der Waals surface area (Å²) in [6.07, 6.45) is -0.0851. The highest BCUT2D eigenvalue weighted by Gasteiger charge is 2.16. The van der Waals surface area contributed by atoms with Crippen LogP contribution < -0.4 is 10.5 Å². The monoisotopic (exact) mass is 443 g/mol. The van der Waals surface area contributed by atoms with Gasteiger partial charge in [0, 0.05) is 23.5 Å². The van der Waals surface area contributed by atoms with Crippen molar-refractivity contribution < 1.29 is 14.6 Å². The number of aromatic nitrogens is 2. The molecule has 0 bridgehead atoms. The maximum Gasteiger partial charge on any atom is 0.307 e. The molecule has 0 spiro atoms. The number of ether oxygens (including phenoxy) is 1. The van der Waals surface area contributed by atoms with E-state index in [0.29, 0.717) is 17.9 Å². The van der Waals surface area contributed by atoms with Gasteiger partial charge in [0.05, 0.1) is 11.9 Å². The van der Waals surface area contributed by atoms with Crippen molar-refractivity contribution in [1.29, 1.82) is 0 Å². The fraction of sp³-hybridized carbons (Fsp3) is 0.259. The van der Waals surface area contributed by atoms with Crippen LogP contribution in [0, 0.1) is 6.92 Å². The molecule has 0 aliphatic rings. The minimum absolute atomic E-state index is 0.0851. The molecule has 0 saturated heterocycles. The Balaban J connectivity index is 1.74. The molecule has 4 rings (SSSR count). The quantitative estimate of drug-likeness (QED) is 0.388. The topological polar surface area (TPSA) is 90.4 Å². The van der Waals surface area contributed by atoms with Gasteiger partial charge in [-0.25, -0.2) is 0 Å². The van der Waals surface area contributed by atoms with E-state index in [9.17, 15) is 9.90 Å². The molecule has 4 aromatic rings. The van der Waals surface area contributed by atoms with Crippen molar-refractivity contribution in [3.05, 3.63) is 83.0 Å². The van der Waals surface area contributed by atoms with Crippen LogP contribution in [-0.2, 0) is 24.4 Å². The summed E-state index contributed by atoms with van der Waals surface area (Å²) >= 11 is 0. The van der Waals surface area contributed by atoms with E-state index in [4.69, 9.17) is 15.6 Å². The Morgan fingerprint density at radius 3 is 2.58 bits per heavy atom. The van der Waals surface area contributed by atoms with Crippen LogP contribution in [0.3, 0.4) is 0 Å². The van der Waals surface area contributed by atoms with Crippen LogP contribution >= 0.6 is 0 Å². The van der Waals surface area contributed by atoms with E-state index in [1.807, 2.05) is 22.9 Å². The van der Waals surface area contributed by atoms with Crippen molar-refractivity contribution in [2.75, 3.05) is 0 Å². The zero-order valence-corrected chi connectivity index (χ0v) is 19.2. The third-order valence-electron chi connectivity index (χ3n) is 5.93. The molecular formula is C27H29N3O3. The molecule has 6 heteroatoms. The maximum atomic E-state index is 11.2. The maximum absolute atomic E-state index is 11.2. The van der Waals surface area contributed by atoms with Crippen LogP contribution in [0.1, 0.15) is 42.3 Å². The second-order valence-electron chi connectivity index (χ2n) is 8.48. The second-order valence-corrected chi connectivity index (χ2v) is 8.48. The lowest BCUT2D eigenvalue weighted by Crippen LogP contribution is -2.06. The molecule has 0 amide bonds. The number of fused-ring (bicyclic) bond motifs is 1. The number of rotatable bonds is 8. The average Bonchev–Trinajstić information content (AvgIpc) is 3.16. The van der Waals surface area contributed by atoms with Gasteiger partial charge in [-0.3, -0.25) is 9.48 Å². The second kappa shape index (κ2) is 9.46. The molecule has 0 aliphatic carbocycles. The van der Waals surface area contributed by atoms with Gasteiger partial charge in [-0.1, -0.05) is 42.5 Å². The highest BCUT2D eigenvalue weighted by molar-refractivity contribution is 5.88. The number of benzene rings is 3. The summed E-state index contributed by atoms with van der Waals surface area (Å²) in [5, 5.41) is 15.1. The number of hydrogen-bond donors (Lipinski definition) is 2. The number of carboxylic acid groups (broad SMARTS) is 1. The fourth-order valence-electron chi connectivity index (χ4n) is 4.19. The first-order chi connectivity index (χ1) is 15.9. The molecule has 1 aromatic heterocycles. The van der Waals surface area contributed by atoms with Crippen molar-refractivity contribution in [2.45, 2.75) is 46.4 Å². The first-order valence-electron chi connectivity index (χ1n) is 11.1. The Morgan fingerprint density at radius 2 is 1.85 bits per heavy atom. The summed E-state index contributed by atoms with van der Waals surface area (Å²) in [7, 11) is 0. The summed E-state index contributed by atoms with van der Waals surface area (Å²) in [4.78, 5) is 11.2. The Hall–Kier alpha value is -3.64. The lowest BCUT2D eigenvalue weighted by Gasteiger charge is -2.12. The van der Waals surface area contributed by atoms with Crippen molar-refractivity contribution in [3.63, 3.8) is 0 Å². The van der Waals surface area contributed by atoms with Crippen LogP contribution in [0.5, 0.6) is 5.75 Å². The normalized spacial score (nSPS) is 11.3. The Kier molecular flexibility index (Phi) is 6.47. The first kappa shape index (κ1) is 22.6. The lowest BCUT2D eigenvalue weighted by atomic mass is 9.95. The largest absolute Gasteiger partial charge is 0.487 e. The molecule has 3 aromatic carbocycles. The highest BCUT2D eigenvalue weighted by Crippen LogP contribution is 2.32. The molecule has 0 saturated carbocycles. The van der Waals surface area contributed by atoms with Crippen LogP contribution in [-0.4, -0.2) is 20.9 Å². The number of aliphatic carboxylic acids is 1. The summed E-state index contributed by atoms with van der Waals surface area (Å²) < 4.78 is 8.08. The van der Waals surface area contributed by atoms with Crippen LogP contribution in [0.25, 0.3) is 22.0 Å². The van der Waals surface area contributed by atoms with Gasteiger partial charge in [-0.2, -0.15) is 5.10 Å². The zero-order chi connectivity index (χ0) is 23.5. The molecule has 0 aliphatic heterocycles. The van der Waals surface area contributed by atoms with Gasteiger partial charge < -0.3 is 15.6 Å². The minimum atomic E-state index is -0.889. The van der Waals surface area contributed by atoms with Gasteiger partial charge in [-0.15, -0.1) is 0 Å². The molecule has 170 valence electrons. The first-order valence-corrected chi connectivity index (χ1v) is 11.1. The standard InChI is InChI=1S/C27H29N3O3/c1-17(2)30-25-12-11-19(22-9-6-8-21(15-28)18(22)3)13-23(25)24(29-30)16-33-26-10-5-4-7-20(26)14-27(31)32/h4-13,17H,14-16,28H2,1-3H3,(H,31,32). The van der Waals surface area contributed by atoms with E-state index in [2.05, 4.69) is 51.1 Å². The molecule has 0 radical (unpaired) electrons. The number of carbonyl (C=O) groups is 1. The van der Waals surface area contributed by atoms with Gasteiger partial charge in [-0.05, 0) is 61.2 Å². The minimum Gasteiger partial charge on any atom is -0.487 e. The lowest BCUT2D eigenvalue weighted by molar-refractivity contribution is -0.136. The summed E-state index contributed by atoms with van der Waals surface area (Å²) in [6.45, 7) is 7.05. The molecule has 6 nitrogen and oxygen atoms in total. The Labute approximate surface area is 193 Å². The van der Waals surface area contributed by atoms with Crippen LogP contribution in [0.15, 0.2) is 60.7 Å². The van der Waals surface area contributed by atoms with Crippen molar-refractivity contribution in [3.8, 4) is 16.9 Å². The highest BCUT2D eigenvalue weighted by atomic mass is 16.5. The molecule has 0 fully saturated rings. The van der Waals surface area contributed by atoms with E-state index >= 15 is 0 Å². The third-order valence-corrected chi connectivity index (χ3v) is 5.93. The van der Waals surface area contributed by atoms with Crippen molar-refractivity contribution in [2.24, 2.45) is 5.73 Å². The van der Waals surface area contributed by atoms with E-state index in [0.717, 1.165) is 33.3 Å². The Bertz CT molecular complexity index is 1310. The third kappa shape index (κ3) is 4.61. The van der Waals surface area contributed by atoms with Gasteiger partial charge in [0.25, 0.3) is 0 Å². The Morgan fingerprint density at radius 1 is 1.09 bits per heavy atom. The number of para-hydroxylation sites is 1. The van der Waals surface area contributed by atoms with Crippen LogP contribution in [0.2, 0.25) is 0 Å². The number of carboxylic acids is 1. The fourth-order valence-corrected chi connectivity index (χ4v) is 4.19. The summed E-state index contributed by atoms with van der Waals surface area (Å²) in [5.74, 6) is -0.324. The summed E-state index contributed by atoms with van der Waals surface area (Å²) in [6, 6.07) is 20.0. The van der Waals surface area contributed by atoms with E-state index in [1.165, 1.54) is 5.56 Å². The number of nitrogens with two attached hydrogens (primary N) is 1. The van der Waals surface area contributed by atoms with Crippen molar-refractivity contribution in [1.82, 2.24) is 9.78 Å². The average molecular weight is 444 g/mol. The van der Waals surface area contributed by atoms with Gasteiger partial charge in [0.2, 0.25) is 0 Å². The molecule has 1 heterocycles.